The molecule has 0 atom stereocenters. The van der Waals surface area contributed by atoms with Crippen molar-refractivity contribution >= 4 is 16.8 Å². The Bertz CT molecular complexity index is 620. The molecule has 3 rings (SSSR count). The Hall–Kier alpha value is -1.94. The van der Waals surface area contributed by atoms with E-state index < -0.39 is 0 Å². The average Bonchev–Trinajstić information content (AvgIpc) is 2.41. The summed E-state index contributed by atoms with van der Waals surface area (Å²) in [5, 5.41) is 7.21. The summed E-state index contributed by atoms with van der Waals surface area (Å²) >= 11 is 0. The van der Waals surface area contributed by atoms with Crippen LogP contribution in [-0.2, 0) is 6.42 Å². The first-order valence-corrected chi connectivity index (χ1v) is 6.67. The lowest BCUT2D eigenvalue weighted by Gasteiger charge is -2.28. The fraction of sp³-hybridized carbons (Fsp3) is 0.333. The van der Waals surface area contributed by atoms with Crippen molar-refractivity contribution in [3.63, 3.8) is 0 Å². The van der Waals surface area contributed by atoms with E-state index in [0.717, 1.165) is 36.0 Å². The van der Waals surface area contributed by atoms with Gasteiger partial charge in [0.05, 0.1) is 17.1 Å². The minimum atomic E-state index is -0.0227. The lowest BCUT2D eigenvalue weighted by Crippen LogP contribution is -2.56. The maximum atomic E-state index is 12.4. The zero-order chi connectivity index (χ0) is 13.2. The SMILES string of the molecule is CCc1cc(C(=O)NC2CNC2)c2ncccc2c1. The predicted molar refractivity (Wildman–Crippen MR) is 75.2 cm³/mol. The maximum absolute atomic E-state index is 12.4. The van der Waals surface area contributed by atoms with Crippen molar-refractivity contribution in [2.45, 2.75) is 19.4 Å². The molecule has 0 unspecified atom stereocenters. The fourth-order valence-corrected chi connectivity index (χ4v) is 2.29. The number of pyridine rings is 1. The van der Waals surface area contributed by atoms with E-state index in [-0.39, 0.29) is 11.9 Å². The zero-order valence-electron chi connectivity index (χ0n) is 10.9. The molecule has 0 aliphatic carbocycles. The number of aryl methyl sites for hydroxylation is 1. The molecule has 0 bridgehead atoms. The summed E-state index contributed by atoms with van der Waals surface area (Å²) in [6.07, 6.45) is 2.64. The van der Waals surface area contributed by atoms with Gasteiger partial charge in [0, 0.05) is 24.7 Å². The van der Waals surface area contributed by atoms with Crippen LogP contribution in [0.2, 0.25) is 0 Å². The molecule has 2 aromatic rings. The third kappa shape index (κ3) is 2.31. The highest BCUT2D eigenvalue weighted by Crippen LogP contribution is 2.19. The molecule has 1 saturated heterocycles. The number of carbonyl (C=O) groups excluding carboxylic acids is 1. The first-order valence-electron chi connectivity index (χ1n) is 6.67. The normalized spacial score (nSPS) is 15.2. The molecule has 98 valence electrons. The molecule has 1 aromatic heterocycles. The van der Waals surface area contributed by atoms with Crippen LogP contribution < -0.4 is 10.6 Å². The standard InChI is InChI=1S/C15H17N3O/c1-2-10-6-11-4-3-5-17-14(11)13(7-10)15(19)18-12-8-16-9-12/h3-7,12,16H,2,8-9H2,1H3,(H,18,19). The third-order valence-corrected chi connectivity index (χ3v) is 3.53. The molecule has 0 saturated carbocycles. The summed E-state index contributed by atoms with van der Waals surface area (Å²) in [5.74, 6) is -0.0227. The van der Waals surface area contributed by atoms with E-state index in [4.69, 9.17) is 0 Å². The smallest absolute Gasteiger partial charge is 0.253 e. The Morgan fingerprint density at radius 3 is 3.00 bits per heavy atom. The van der Waals surface area contributed by atoms with Gasteiger partial charge in [-0.05, 0) is 30.2 Å². The van der Waals surface area contributed by atoms with Gasteiger partial charge >= 0.3 is 0 Å². The average molecular weight is 255 g/mol. The minimum Gasteiger partial charge on any atom is -0.347 e. The topological polar surface area (TPSA) is 54.0 Å². The van der Waals surface area contributed by atoms with Gasteiger partial charge in [-0.1, -0.05) is 13.0 Å². The number of hydrogen-bond donors (Lipinski definition) is 2. The summed E-state index contributed by atoms with van der Waals surface area (Å²) in [6, 6.07) is 8.21. The molecule has 0 spiro atoms. The van der Waals surface area contributed by atoms with Gasteiger partial charge in [-0.15, -0.1) is 0 Å². The Balaban J connectivity index is 2.02. The highest BCUT2D eigenvalue weighted by molar-refractivity contribution is 6.05. The molecule has 1 amide bonds. The molecular formula is C15H17N3O. The van der Waals surface area contributed by atoms with E-state index in [1.165, 1.54) is 0 Å². The summed E-state index contributed by atoms with van der Waals surface area (Å²) in [7, 11) is 0. The monoisotopic (exact) mass is 255 g/mol. The molecule has 4 heteroatoms. The first-order chi connectivity index (χ1) is 9.28. The van der Waals surface area contributed by atoms with Crippen molar-refractivity contribution in [3.05, 3.63) is 41.6 Å². The van der Waals surface area contributed by atoms with Crippen molar-refractivity contribution in [3.8, 4) is 0 Å². The second-order valence-corrected chi connectivity index (χ2v) is 4.90. The van der Waals surface area contributed by atoms with Crippen LogP contribution in [0, 0.1) is 0 Å². The molecule has 2 N–H and O–H groups in total. The molecular weight excluding hydrogens is 238 g/mol. The Kier molecular flexibility index (Phi) is 3.17. The number of hydrogen-bond acceptors (Lipinski definition) is 3. The van der Waals surface area contributed by atoms with Crippen LogP contribution in [0.3, 0.4) is 0 Å². The molecule has 4 nitrogen and oxygen atoms in total. The predicted octanol–water partition coefficient (Wildman–Crippen LogP) is 1.50. The Morgan fingerprint density at radius 2 is 2.32 bits per heavy atom. The van der Waals surface area contributed by atoms with Gasteiger partial charge in [0.1, 0.15) is 0 Å². The van der Waals surface area contributed by atoms with Gasteiger partial charge < -0.3 is 10.6 Å². The van der Waals surface area contributed by atoms with Crippen molar-refractivity contribution in [2.24, 2.45) is 0 Å². The summed E-state index contributed by atoms with van der Waals surface area (Å²) in [6.45, 7) is 3.80. The third-order valence-electron chi connectivity index (χ3n) is 3.53. The van der Waals surface area contributed by atoms with Crippen LogP contribution in [0.15, 0.2) is 30.5 Å². The first kappa shape index (κ1) is 12.1. The van der Waals surface area contributed by atoms with Crippen LogP contribution in [0.1, 0.15) is 22.8 Å². The molecule has 1 aliphatic rings. The van der Waals surface area contributed by atoms with E-state index in [0.29, 0.717) is 5.56 Å². The lowest BCUT2D eigenvalue weighted by molar-refractivity contribution is 0.0925. The van der Waals surface area contributed by atoms with Gasteiger partial charge in [0.25, 0.3) is 5.91 Å². The van der Waals surface area contributed by atoms with Crippen LogP contribution in [0.5, 0.6) is 0 Å². The van der Waals surface area contributed by atoms with Crippen molar-refractivity contribution < 1.29 is 4.79 Å². The number of benzene rings is 1. The number of carbonyl (C=O) groups is 1. The number of amides is 1. The highest BCUT2D eigenvalue weighted by atomic mass is 16.1. The Labute approximate surface area is 112 Å². The molecule has 2 heterocycles. The van der Waals surface area contributed by atoms with Gasteiger partial charge in [-0.3, -0.25) is 9.78 Å². The maximum Gasteiger partial charge on any atom is 0.253 e. The quantitative estimate of drug-likeness (QED) is 0.874. The lowest BCUT2D eigenvalue weighted by atomic mass is 10.0. The molecule has 0 radical (unpaired) electrons. The fourth-order valence-electron chi connectivity index (χ4n) is 2.29. The van der Waals surface area contributed by atoms with Gasteiger partial charge in [-0.2, -0.15) is 0 Å². The van der Waals surface area contributed by atoms with Crippen LogP contribution in [0.4, 0.5) is 0 Å². The van der Waals surface area contributed by atoms with Gasteiger partial charge in [-0.25, -0.2) is 0 Å². The van der Waals surface area contributed by atoms with Crippen LogP contribution in [-0.4, -0.2) is 30.0 Å². The van der Waals surface area contributed by atoms with Crippen molar-refractivity contribution in [1.82, 2.24) is 15.6 Å². The second kappa shape index (κ2) is 4.97. The van der Waals surface area contributed by atoms with Crippen molar-refractivity contribution in [2.75, 3.05) is 13.1 Å². The molecule has 19 heavy (non-hydrogen) atoms. The summed E-state index contributed by atoms with van der Waals surface area (Å²) in [5.41, 5.74) is 2.63. The Morgan fingerprint density at radius 1 is 1.47 bits per heavy atom. The van der Waals surface area contributed by atoms with E-state index in [1.54, 1.807) is 6.20 Å². The van der Waals surface area contributed by atoms with Gasteiger partial charge in [0.15, 0.2) is 0 Å². The minimum absolute atomic E-state index is 0.0227. The molecule has 1 aromatic carbocycles. The largest absolute Gasteiger partial charge is 0.347 e. The van der Waals surface area contributed by atoms with E-state index in [9.17, 15) is 4.79 Å². The van der Waals surface area contributed by atoms with E-state index in [1.807, 2.05) is 18.2 Å². The summed E-state index contributed by atoms with van der Waals surface area (Å²) in [4.78, 5) is 16.7. The number of rotatable bonds is 3. The number of fused-ring (bicyclic) bond motifs is 1. The zero-order valence-corrected chi connectivity index (χ0v) is 10.9. The van der Waals surface area contributed by atoms with E-state index in [2.05, 4.69) is 28.6 Å². The molecule has 1 aliphatic heterocycles. The highest BCUT2D eigenvalue weighted by Gasteiger charge is 2.21. The van der Waals surface area contributed by atoms with Gasteiger partial charge in [0.2, 0.25) is 0 Å². The molecule has 1 fully saturated rings. The van der Waals surface area contributed by atoms with Crippen LogP contribution in [0.25, 0.3) is 10.9 Å². The number of aromatic nitrogens is 1. The van der Waals surface area contributed by atoms with Crippen LogP contribution >= 0.6 is 0 Å². The summed E-state index contributed by atoms with van der Waals surface area (Å²) < 4.78 is 0. The van der Waals surface area contributed by atoms with Crippen molar-refractivity contribution in [1.29, 1.82) is 0 Å². The van der Waals surface area contributed by atoms with E-state index >= 15 is 0 Å². The second-order valence-electron chi connectivity index (χ2n) is 4.90. The number of nitrogens with zero attached hydrogens (tertiary/aromatic N) is 1. The number of nitrogens with one attached hydrogen (secondary N) is 2.